The molecule has 4 rings (SSSR count). The van der Waals surface area contributed by atoms with Crippen molar-refractivity contribution in [2.75, 3.05) is 12.4 Å². The minimum absolute atomic E-state index is 0.204. The highest BCUT2D eigenvalue weighted by Crippen LogP contribution is 2.26. The van der Waals surface area contributed by atoms with Crippen LogP contribution in [0.2, 0.25) is 0 Å². The van der Waals surface area contributed by atoms with E-state index in [0.29, 0.717) is 22.7 Å². The van der Waals surface area contributed by atoms with Gasteiger partial charge in [-0.05, 0) is 62.2 Å². The first-order chi connectivity index (χ1) is 15.0. The predicted molar refractivity (Wildman–Crippen MR) is 121 cm³/mol. The number of para-hydroxylation sites is 1. The molecule has 0 bridgehead atoms. The summed E-state index contributed by atoms with van der Waals surface area (Å²) in [7, 11) is 1.58. The zero-order chi connectivity index (χ0) is 22.0. The Bertz CT molecular complexity index is 1360. The van der Waals surface area contributed by atoms with Gasteiger partial charge in [-0.1, -0.05) is 30.3 Å². The van der Waals surface area contributed by atoms with Gasteiger partial charge < -0.3 is 14.5 Å². The molecule has 6 heteroatoms. The molecule has 1 amide bonds. The zero-order valence-electron chi connectivity index (χ0n) is 17.9. The van der Waals surface area contributed by atoms with Crippen LogP contribution in [0.5, 0.6) is 5.75 Å². The van der Waals surface area contributed by atoms with Gasteiger partial charge in [-0.25, -0.2) is 9.98 Å². The van der Waals surface area contributed by atoms with Gasteiger partial charge in [0, 0.05) is 11.1 Å². The fourth-order valence-corrected chi connectivity index (χ4v) is 3.29. The molecule has 0 saturated carbocycles. The first-order valence-corrected chi connectivity index (χ1v) is 9.93. The van der Waals surface area contributed by atoms with E-state index in [1.54, 1.807) is 19.2 Å². The minimum Gasteiger partial charge on any atom is -0.493 e. The van der Waals surface area contributed by atoms with Crippen molar-refractivity contribution in [1.29, 1.82) is 0 Å². The largest absolute Gasteiger partial charge is 0.493 e. The number of rotatable bonds is 4. The van der Waals surface area contributed by atoms with Crippen molar-refractivity contribution < 1.29 is 13.9 Å². The Morgan fingerprint density at radius 2 is 1.81 bits per heavy atom. The second-order valence-electron chi connectivity index (χ2n) is 7.29. The second-order valence-corrected chi connectivity index (χ2v) is 7.29. The molecule has 0 spiro atoms. The number of hydrogen-bond donors (Lipinski definition) is 1. The molecule has 2 heterocycles. The average Bonchev–Trinajstić information content (AvgIpc) is 2.76. The summed E-state index contributed by atoms with van der Waals surface area (Å²) in [5.74, 6) is 0.686. The first kappa shape index (κ1) is 20.3. The van der Waals surface area contributed by atoms with Crippen molar-refractivity contribution >= 4 is 28.4 Å². The number of nitrogens with one attached hydrogen (secondary N) is 1. The number of amides is 1. The van der Waals surface area contributed by atoms with Crippen molar-refractivity contribution in [3.05, 3.63) is 88.6 Å². The number of ether oxygens (including phenoxy) is 1. The molecule has 0 fully saturated rings. The van der Waals surface area contributed by atoms with E-state index in [9.17, 15) is 4.79 Å². The third-order valence-corrected chi connectivity index (χ3v) is 5.13. The van der Waals surface area contributed by atoms with Gasteiger partial charge in [0.2, 0.25) is 5.55 Å². The number of aromatic nitrogens is 1. The van der Waals surface area contributed by atoms with Crippen LogP contribution in [-0.4, -0.2) is 18.0 Å². The van der Waals surface area contributed by atoms with Crippen LogP contribution in [0.3, 0.4) is 0 Å². The van der Waals surface area contributed by atoms with Gasteiger partial charge in [0.15, 0.2) is 11.3 Å². The van der Waals surface area contributed by atoms with Crippen LogP contribution in [0.1, 0.15) is 27.2 Å². The molecule has 31 heavy (non-hydrogen) atoms. The van der Waals surface area contributed by atoms with Crippen molar-refractivity contribution in [1.82, 2.24) is 4.98 Å². The summed E-state index contributed by atoms with van der Waals surface area (Å²) < 4.78 is 11.6. The normalized spacial score (nSPS) is 11.5. The van der Waals surface area contributed by atoms with Gasteiger partial charge in [-0.2, -0.15) is 0 Å². The fraction of sp³-hybridized carbons (Fsp3) is 0.160. The highest BCUT2D eigenvalue weighted by molar-refractivity contribution is 6.05. The quantitative estimate of drug-likeness (QED) is 0.496. The van der Waals surface area contributed by atoms with Crippen LogP contribution in [0.4, 0.5) is 11.5 Å². The number of nitrogens with zero attached hydrogens (tertiary/aromatic N) is 2. The van der Waals surface area contributed by atoms with Gasteiger partial charge in [0.1, 0.15) is 11.4 Å². The van der Waals surface area contributed by atoms with Gasteiger partial charge in [0.05, 0.1) is 12.8 Å². The number of carbonyl (C=O) groups is 1. The minimum atomic E-state index is -0.351. The van der Waals surface area contributed by atoms with Gasteiger partial charge in [0.25, 0.3) is 5.91 Å². The molecule has 6 nitrogen and oxygen atoms in total. The molecule has 0 aliphatic rings. The number of anilines is 1. The number of methoxy groups -OCH3 is 1. The van der Waals surface area contributed by atoms with Crippen LogP contribution < -0.4 is 15.6 Å². The van der Waals surface area contributed by atoms with E-state index < -0.39 is 0 Å². The molecular formula is C25H23N3O3. The van der Waals surface area contributed by atoms with Gasteiger partial charge >= 0.3 is 0 Å². The highest BCUT2D eigenvalue weighted by Gasteiger charge is 2.16. The molecule has 0 atom stereocenters. The van der Waals surface area contributed by atoms with Crippen LogP contribution in [0.25, 0.3) is 11.0 Å². The summed E-state index contributed by atoms with van der Waals surface area (Å²) in [5, 5.41) is 3.58. The predicted octanol–water partition coefficient (Wildman–Crippen LogP) is 5.25. The van der Waals surface area contributed by atoms with Crippen LogP contribution in [0, 0.1) is 20.8 Å². The number of aryl methyl sites for hydroxylation is 2. The molecule has 4 aromatic rings. The van der Waals surface area contributed by atoms with E-state index in [4.69, 9.17) is 14.1 Å². The fourth-order valence-electron chi connectivity index (χ4n) is 3.29. The summed E-state index contributed by atoms with van der Waals surface area (Å²) in [6.07, 6.45) is 0. The van der Waals surface area contributed by atoms with Crippen molar-refractivity contribution in [2.24, 2.45) is 4.99 Å². The first-order valence-electron chi connectivity index (χ1n) is 9.93. The molecule has 0 saturated heterocycles. The number of benzene rings is 2. The van der Waals surface area contributed by atoms with Crippen LogP contribution in [0.15, 0.2) is 70.1 Å². The molecule has 1 N–H and O–H groups in total. The molecule has 2 aromatic heterocycles. The Morgan fingerprint density at radius 3 is 2.58 bits per heavy atom. The van der Waals surface area contributed by atoms with Crippen molar-refractivity contribution in [3.8, 4) is 5.75 Å². The second kappa shape index (κ2) is 8.44. The summed E-state index contributed by atoms with van der Waals surface area (Å²) in [4.78, 5) is 22.2. The van der Waals surface area contributed by atoms with Gasteiger partial charge in [-0.15, -0.1) is 0 Å². The number of fused-ring (bicyclic) bond motifs is 1. The monoisotopic (exact) mass is 413 g/mol. The van der Waals surface area contributed by atoms with Crippen LogP contribution >= 0.6 is 0 Å². The lowest BCUT2D eigenvalue weighted by molar-refractivity contribution is 0.102. The third-order valence-electron chi connectivity index (χ3n) is 5.13. The molecule has 156 valence electrons. The number of hydrogen-bond acceptors (Lipinski definition) is 5. The van der Waals surface area contributed by atoms with Crippen molar-refractivity contribution in [2.45, 2.75) is 20.8 Å². The average molecular weight is 413 g/mol. The maximum atomic E-state index is 13.2. The van der Waals surface area contributed by atoms with E-state index in [1.165, 1.54) is 0 Å². The highest BCUT2D eigenvalue weighted by atomic mass is 16.5. The Morgan fingerprint density at radius 1 is 1.03 bits per heavy atom. The van der Waals surface area contributed by atoms with E-state index in [2.05, 4.69) is 10.3 Å². The maximum Gasteiger partial charge on any atom is 0.262 e. The Kier molecular flexibility index (Phi) is 5.54. The molecular weight excluding hydrogens is 390 g/mol. The number of carbonyl (C=O) groups excluding carboxylic acids is 1. The smallest absolute Gasteiger partial charge is 0.262 e. The third kappa shape index (κ3) is 4.19. The molecule has 0 unspecified atom stereocenters. The van der Waals surface area contributed by atoms with E-state index in [1.807, 2.05) is 69.3 Å². The SMILES string of the molecule is COc1cccc2cc(C(=O)Nc3cccc(C)n3)c(=Nc3cccc(C)c3C)oc12. The van der Waals surface area contributed by atoms with E-state index >= 15 is 0 Å². The molecule has 0 aliphatic carbocycles. The van der Waals surface area contributed by atoms with Crippen molar-refractivity contribution in [3.63, 3.8) is 0 Å². The zero-order valence-corrected chi connectivity index (χ0v) is 17.9. The standard InChI is InChI=1S/C25H23N3O3/c1-15-8-5-11-20(17(15)3)27-25-19(24(29)28-22-13-6-9-16(2)26-22)14-18-10-7-12-21(30-4)23(18)31-25/h5-14H,1-4H3,(H,26,28,29). The lowest BCUT2D eigenvalue weighted by atomic mass is 10.1. The lowest BCUT2D eigenvalue weighted by Gasteiger charge is -2.09. The number of pyridine rings is 1. The van der Waals surface area contributed by atoms with E-state index in [-0.39, 0.29) is 11.5 Å². The van der Waals surface area contributed by atoms with Crippen LogP contribution in [-0.2, 0) is 0 Å². The molecule has 2 aromatic carbocycles. The Hall–Kier alpha value is -3.93. The summed E-state index contributed by atoms with van der Waals surface area (Å²) in [6, 6.07) is 18.6. The molecule has 0 aliphatic heterocycles. The maximum absolute atomic E-state index is 13.2. The van der Waals surface area contributed by atoms with E-state index in [0.717, 1.165) is 27.9 Å². The van der Waals surface area contributed by atoms with Gasteiger partial charge in [-0.3, -0.25) is 4.79 Å². The Balaban J connectivity index is 1.92. The summed E-state index contributed by atoms with van der Waals surface area (Å²) in [6.45, 7) is 5.88. The summed E-state index contributed by atoms with van der Waals surface area (Å²) >= 11 is 0. The topological polar surface area (TPSA) is 76.7 Å². The summed E-state index contributed by atoms with van der Waals surface area (Å²) in [5.41, 5.74) is 4.71. The lowest BCUT2D eigenvalue weighted by Crippen LogP contribution is -2.22. The molecule has 0 radical (unpaired) electrons. The Labute approximate surface area is 180 Å².